The normalized spacial score (nSPS) is 17.9. The monoisotopic (exact) mass is 407 g/mol. The Hall–Kier alpha value is -2.32. The molecule has 0 aliphatic carbocycles. The molecule has 1 saturated heterocycles. The highest BCUT2D eigenvalue weighted by Gasteiger charge is 2.27. The Bertz CT molecular complexity index is 666. The van der Waals surface area contributed by atoms with Gasteiger partial charge in [-0.1, -0.05) is 6.92 Å². The second-order valence-corrected chi connectivity index (χ2v) is 8.38. The Balaban J connectivity index is 1.84. The molecule has 0 bridgehead atoms. The quantitative estimate of drug-likeness (QED) is 0.530. The summed E-state index contributed by atoms with van der Waals surface area (Å²) < 4.78 is 7.56. The standard InChI is InChI=1S/C20H37N7O2/c1-6-17-25-24-15-27(17)12-10-22-18(21-7-2)23-13-16-9-8-11-26(14-16)19(28)29-20(3,4)5/h15-16H,6-14H2,1-5H3,(H2,21,22,23). The Morgan fingerprint density at radius 1 is 1.34 bits per heavy atom. The van der Waals surface area contributed by atoms with E-state index >= 15 is 0 Å². The van der Waals surface area contributed by atoms with Gasteiger partial charge in [-0.2, -0.15) is 0 Å². The molecule has 2 N–H and O–H groups in total. The van der Waals surface area contributed by atoms with Crippen LogP contribution in [0.15, 0.2) is 11.3 Å². The lowest BCUT2D eigenvalue weighted by Crippen LogP contribution is -2.44. The molecule has 1 fully saturated rings. The maximum Gasteiger partial charge on any atom is 0.410 e. The number of ether oxygens (including phenoxy) is 1. The second kappa shape index (κ2) is 11.0. The zero-order valence-corrected chi connectivity index (χ0v) is 18.6. The molecule has 1 aromatic heterocycles. The van der Waals surface area contributed by atoms with Crippen molar-refractivity contribution in [2.24, 2.45) is 10.9 Å². The second-order valence-electron chi connectivity index (χ2n) is 8.38. The van der Waals surface area contributed by atoms with Crippen molar-refractivity contribution in [3.8, 4) is 0 Å². The van der Waals surface area contributed by atoms with Gasteiger partial charge in [0.2, 0.25) is 0 Å². The van der Waals surface area contributed by atoms with E-state index in [1.807, 2.05) is 25.7 Å². The number of carbonyl (C=O) groups is 1. The Morgan fingerprint density at radius 2 is 2.14 bits per heavy atom. The fourth-order valence-electron chi connectivity index (χ4n) is 3.30. The first kappa shape index (κ1) is 23.0. The minimum absolute atomic E-state index is 0.225. The van der Waals surface area contributed by atoms with Crippen LogP contribution in [0.3, 0.4) is 0 Å². The van der Waals surface area contributed by atoms with E-state index in [0.717, 1.165) is 57.2 Å². The molecule has 1 aliphatic rings. The number of hydrogen-bond donors (Lipinski definition) is 2. The number of aryl methyl sites for hydroxylation is 1. The minimum Gasteiger partial charge on any atom is -0.444 e. The summed E-state index contributed by atoms with van der Waals surface area (Å²) in [4.78, 5) is 18.9. The average molecular weight is 408 g/mol. The fraction of sp³-hybridized carbons (Fsp3) is 0.800. The van der Waals surface area contributed by atoms with Crippen molar-refractivity contribution in [3.63, 3.8) is 0 Å². The number of nitrogens with zero attached hydrogens (tertiary/aromatic N) is 5. The number of amides is 1. The Labute approximate surface area is 174 Å². The van der Waals surface area contributed by atoms with Gasteiger partial charge in [0, 0.05) is 45.7 Å². The molecule has 0 aromatic carbocycles. The summed E-state index contributed by atoms with van der Waals surface area (Å²) in [6, 6.07) is 0. The highest BCUT2D eigenvalue weighted by molar-refractivity contribution is 5.79. The average Bonchev–Trinajstić information content (AvgIpc) is 3.12. The number of likely N-dealkylation sites (tertiary alicyclic amines) is 1. The summed E-state index contributed by atoms with van der Waals surface area (Å²) in [5.41, 5.74) is -0.466. The van der Waals surface area contributed by atoms with Gasteiger partial charge in [-0.15, -0.1) is 10.2 Å². The van der Waals surface area contributed by atoms with Crippen LogP contribution in [0, 0.1) is 5.92 Å². The van der Waals surface area contributed by atoms with E-state index in [1.54, 1.807) is 6.33 Å². The lowest BCUT2D eigenvalue weighted by Gasteiger charge is -2.33. The summed E-state index contributed by atoms with van der Waals surface area (Å²) in [6.45, 7) is 14.3. The van der Waals surface area contributed by atoms with Crippen LogP contribution in [0.25, 0.3) is 0 Å². The number of aromatic nitrogens is 3. The van der Waals surface area contributed by atoms with Gasteiger partial charge in [0.15, 0.2) is 5.96 Å². The van der Waals surface area contributed by atoms with Crippen molar-refractivity contribution in [2.75, 3.05) is 32.7 Å². The van der Waals surface area contributed by atoms with Crippen LogP contribution in [0.2, 0.25) is 0 Å². The van der Waals surface area contributed by atoms with E-state index in [1.165, 1.54) is 0 Å². The van der Waals surface area contributed by atoms with Gasteiger partial charge >= 0.3 is 6.09 Å². The van der Waals surface area contributed by atoms with E-state index in [-0.39, 0.29) is 6.09 Å². The van der Waals surface area contributed by atoms with E-state index in [2.05, 4.69) is 39.2 Å². The van der Waals surface area contributed by atoms with Crippen molar-refractivity contribution in [3.05, 3.63) is 12.2 Å². The molecule has 1 amide bonds. The zero-order chi connectivity index (χ0) is 21.3. The molecule has 1 aliphatic heterocycles. The predicted octanol–water partition coefficient (Wildman–Crippen LogP) is 2.04. The SMILES string of the molecule is CCNC(=NCC1CCCN(C(=O)OC(C)(C)C)C1)NCCn1cnnc1CC. The fourth-order valence-corrected chi connectivity index (χ4v) is 3.30. The Kier molecular flexibility index (Phi) is 8.72. The lowest BCUT2D eigenvalue weighted by atomic mass is 9.98. The zero-order valence-electron chi connectivity index (χ0n) is 18.6. The summed E-state index contributed by atoms with van der Waals surface area (Å²) in [5, 5.41) is 14.7. The molecule has 2 heterocycles. The largest absolute Gasteiger partial charge is 0.444 e. The van der Waals surface area contributed by atoms with E-state index in [0.29, 0.717) is 19.0 Å². The molecule has 1 unspecified atom stereocenters. The maximum atomic E-state index is 12.3. The Morgan fingerprint density at radius 3 is 2.83 bits per heavy atom. The van der Waals surface area contributed by atoms with Gasteiger partial charge in [-0.3, -0.25) is 4.99 Å². The molecular weight excluding hydrogens is 370 g/mol. The molecule has 0 saturated carbocycles. The maximum absolute atomic E-state index is 12.3. The molecule has 0 radical (unpaired) electrons. The van der Waals surface area contributed by atoms with Crippen molar-refractivity contribution >= 4 is 12.1 Å². The van der Waals surface area contributed by atoms with Crippen LogP contribution < -0.4 is 10.6 Å². The lowest BCUT2D eigenvalue weighted by molar-refractivity contribution is 0.0170. The summed E-state index contributed by atoms with van der Waals surface area (Å²) >= 11 is 0. The van der Waals surface area contributed by atoms with Crippen molar-refractivity contribution < 1.29 is 9.53 Å². The molecule has 0 spiro atoms. The summed E-state index contributed by atoms with van der Waals surface area (Å²) in [5.74, 6) is 2.13. The van der Waals surface area contributed by atoms with Crippen LogP contribution in [0.4, 0.5) is 4.79 Å². The van der Waals surface area contributed by atoms with Crippen LogP contribution in [-0.2, 0) is 17.7 Å². The molecule has 29 heavy (non-hydrogen) atoms. The number of nitrogens with one attached hydrogen (secondary N) is 2. The highest BCUT2D eigenvalue weighted by Crippen LogP contribution is 2.19. The number of rotatable bonds is 7. The first-order chi connectivity index (χ1) is 13.8. The molecule has 9 nitrogen and oxygen atoms in total. The highest BCUT2D eigenvalue weighted by atomic mass is 16.6. The van der Waals surface area contributed by atoms with Gasteiger partial charge in [0.05, 0.1) is 0 Å². The molecule has 9 heteroatoms. The number of carbonyl (C=O) groups excluding carboxylic acids is 1. The summed E-state index contributed by atoms with van der Waals surface area (Å²) in [7, 11) is 0. The first-order valence-electron chi connectivity index (χ1n) is 10.7. The van der Waals surface area contributed by atoms with Gasteiger partial charge < -0.3 is 24.8 Å². The topological polar surface area (TPSA) is 96.7 Å². The minimum atomic E-state index is -0.466. The number of guanidine groups is 1. The van der Waals surface area contributed by atoms with Crippen molar-refractivity contribution in [1.82, 2.24) is 30.3 Å². The molecule has 1 atom stereocenters. The van der Waals surface area contributed by atoms with Crippen LogP contribution in [0.1, 0.15) is 53.3 Å². The van der Waals surface area contributed by atoms with E-state index < -0.39 is 5.60 Å². The van der Waals surface area contributed by atoms with Crippen LogP contribution >= 0.6 is 0 Å². The van der Waals surface area contributed by atoms with E-state index in [4.69, 9.17) is 9.73 Å². The third-order valence-electron chi connectivity index (χ3n) is 4.68. The van der Waals surface area contributed by atoms with Gasteiger partial charge in [0.25, 0.3) is 0 Å². The third-order valence-corrected chi connectivity index (χ3v) is 4.68. The van der Waals surface area contributed by atoms with Crippen molar-refractivity contribution in [2.45, 2.75) is 66.0 Å². The number of hydrogen-bond acceptors (Lipinski definition) is 5. The van der Waals surface area contributed by atoms with Gasteiger partial charge in [0.1, 0.15) is 17.8 Å². The smallest absolute Gasteiger partial charge is 0.410 e. The van der Waals surface area contributed by atoms with Gasteiger partial charge in [-0.05, 0) is 46.5 Å². The van der Waals surface area contributed by atoms with Gasteiger partial charge in [-0.25, -0.2) is 4.79 Å². The van der Waals surface area contributed by atoms with E-state index in [9.17, 15) is 4.79 Å². The summed E-state index contributed by atoms with van der Waals surface area (Å²) in [6.07, 6.45) is 4.46. The number of aliphatic imine (C=N–C) groups is 1. The van der Waals surface area contributed by atoms with Crippen LogP contribution in [0.5, 0.6) is 0 Å². The molecular formula is C20H37N7O2. The predicted molar refractivity (Wildman–Crippen MR) is 114 cm³/mol. The first-order valence-corrected chi connectivity index (χ1v) is 10.7. The molecule has 164 valence electrons. The van der Waals surface area contributed by atoms with Crippen molar-refractivity contribution in [1.29, 1.82) is 0 Å². The molecule has 2 rings (SSSR count). The molecule has 1 aromatic rings. The van der Waals surface area contributed by atoms with Crippen LogP contribution in [-0.4, -0.2) is 70.0 Å². The third kappa shape index (κ3) is 7.91. The number of piperidine rings is 1.